The number of ketones is 2. The molecule has 0 aromatic carbocycles. The molecule has 7 atom stereocenters. The third-order valence-corrected chi connectivity index (χ3v) is 8.04. The molecule has 4 nitrogen and oxygen atoms in total. The van der Waals surface area contributed by atoms with Crippen molar-refractivity contribution in [3.8, 4) is 0 Å². The molecular weight excluding hydrogens is 316 g/mol. The molecule has 136 valence electrons. The number of hydrogen-bond acceptors (Lipinski definition) is 4. The fraction of sp³-hybridized carbons (Fsp3) is 0.714. The van der Waals surface area contributed by atoms with Crippen molar-refractivity contribution >= 4 is 11.6 Å². The highest BCUT2D eigenvalue weighted by atomic mass is 16.3. The van der Waals surface area contributed by atoms with Crippen molar-refractivity contribution in [3.63, 3.8) is 0 Å². The van der Waals surface area contributed by atoms with E-state index >= 15 is 0 Å². The van der Waals surface area contributed by atoms with Crippen LogP contribution in [0.3, 0.4) is 0 Å². The third kappa shape index (κ3) is 2.26. The molecule has 0 aliphatic heterocycles. The number of carbonyl (C=O) groups is 2. The monoisotopic (exact) mass is 344 g/mol. The first-order valence-electron chi connectivity index (χ1n) is 9.57. The predicted octanol–water partition coefficient (Wildman–Crippen LogP) is 2.44. The summed E-state index contributed by atoms with van der Waals surface area (Å²) in [6, 6.07) is 0. The molecule has 3 saturated carbocycles. The third-order valence-electron chi connectivity index (χ3n) is 8.04. The van der Waals surface area contributed by atoms with Gasteiger partial charge in [0.1, 0.15) is 6.61 Å². The molecule has 5 unspecified atom stereocenters. The van der Waals surface area contributed by atoms with Gasteiger partial charge in [-0.2, -0.15) is 0 Å². The van der Waals surface area contributed by atoms with E-state index in [1.54, 1.807) is 12.2 Å². The van der Waals surface area contributed by atoms with Crippen LogP contribution in [0.25, 0.3) is 0 Å². The Labute approximate surface area is 149 Å². The van der Waals surface area contributed by atoms with Crippen molar-refractivity contribution in [2.45, 2.75) is 52.1 Å². The van der Waals surface area contributed by atoms with E-state index in [4.69, 9.17) is 0 Å². The van der Waals surface area contributed by atoms with Crippen molar-refractivity contribution in [2.75, 3.05) is 6.61 Å². The van der Waals surface area contributed by atoms with Gasteiger partial charge in [0.2, 0.25) is 0 Å². The van der Waals surface area contributed by atoms with Crippen LogP contribution in [0.15, 0.2) is 23.8 Å². The summed E-state index contributed by atoms with van der Waals surface area (Å²) in [6.07, 6.45) is 9.25. The van der Waals surface area contributed by atoms with Gasteiger partial charge >= 0.3 is 0 Å². The molecule has 0 aromatic heterocycles. The summed E-state index contributed by atoms with van der Waals surface area (Å²) in [5.74, 6) is 0.734. The number of allylic oxidation sites excluding steroid dienone is 4. The second-order valence-electron chi connectivity index (χ2n) is 9.05. The molecule has 0 radical (unpaired) electrons. The second-order valence-corrected chi connectivity index (χ2v) is 9.05. The van der Waals surface area contributed by atoms with E-state index in [0.717, 1.165) is 31.3 Å². The largest absolute Gasteiger partial charge is 0.393 e. The summed E-state index contributed by atoms with van der Waals surface area (Å²) >= 11 is 0. The maximum absolute atomic E-state index is 12.3. The zero-order valence-corrected chi connectivity index (χ0v) is 15.1. The topological polar surface area (TPSA) is 74.6 Å². The minimum absolute atomic E-state index is 0.0514. The SMILES string of the molecule is CC12C=CC(=O)C=C1CCC1[C@@H]2C(O)CC2(C)C(C(=O)CO)CC[C@@H]12. The Morgan fingerprint density at radius 3 is 2.76 bits per heavy atom. The van der Waals surface area contributed by atoms with Crippen molar-refractivity contribution < 1.29 is 19.8 Å². The van der Waals surface area contributed by atoms with Crippen LogP contribution in [0.1, 0.15) is 46.0 Å². The molecule has 4 aliphatic carbocycles. The van der Waals surface area contributed by atoms with Gasteiger partial charge in [-0.1, -0.05) is 25.5 Å². The zero-order valence-electron chi connectivity index (χ0n) is 15.1. The van der Waals surface area contributed by atoms with Crippen LogP contribution >= 0.6 is 0 Å². The summed E-state index contributed by atoms with van der Waals surface area (Å²) in [5.41, 5.74) is 0.688. The van der Waals surface area contributed by atoms with Gasteiger partial charge in [0.15, 0.2) is 11.6 Å². The fourth-order valence-corrected chi connectivity index (χ4v) is 6.96. The van der Waals surface area contributed by atoms with Gasteiger partial charge in [0, 0.05) is 17.3 Å². The quantitative estimate of drug-likeness (QED) is 0.807. The first-order chi connectivity index (χ1) is 11.8. The lowest BCUT2D eigenvalue weighted by atomic mass is 9.46. The van der Waals surface area contributed by atoms with Gasteiger partial charge in [-0.15, -0.1) is 0 Å². The lowest BCUT2D eigenvalue weighted by Crippen LogP contribution is -2.56. The van der Waals surface area contributed by atoms with Gasteiger partial charge in [0.05, 0.1) is 6.10 Å². The number of hydrogen-bond donors (Lipinski definition) is 2. The van der Waals surface area contributed by atoms with Crippen LogP contribution in [0.2, 0.25) is 0 Å². The Morgan fingerprint density at radius 2 is 2.04 bits per heavy atom. The lowest BCUT2D eigenvalue weighted by Gasteiger charge is -2.58. The molecular formula is C21H28O4. The van der Waals surface area contributed by atoms with Crippen molar-refractivity contribution in [1.29, 1.82) is 0 Å². The first kappa shape index (κ1) is 17.2. The smallest absolute Gasteiger partial charge is 0.178 e. The molecule has 0 spiro atoms. The normalized spacial score (nSPS) is 48.4. The molecule has 2 N–H and O–H groups in total. The minimum atomic E-state index is -0.482. The number of carbonyl (C=O) groups excluding carboxylic acids is 2. The highest BCUT2D eigenvalue weighted by Crippen LogP contribution is 2.65. The number of aliphatic hydroxyl groups excluding tert-OH is 2. The summed E-state index contributed by atoms with van der Waals surface area (Å²) in [6.45, 7) is 3.92. The molecule has 4 aliphatic rings. The molecule has 0 heterocycles. The van der Waals surface area contributed by atoms with Crippen LogP contribution in [-0.4, -0.2) is 34.5 Å². The van der Waals surface area contributed by atoms with Crippen LogP contribution in [0.5, 0.6) is 0 Å². The van der Waals surface area contributed by atoms with Crippen molar-refractivity contribution in [1.82, 2.24) is 0 Å². The Balaban J connectivity index is 1.71. The van der Waals surface area contributed by atoms with E-state index in [9.17, 15) is 19.8 Å². The molecule has 0 saturated heterocycles. The van der Waals surface area contributed by atoms with E-state index in [1.807, 2.05) is 6.08 Å². The van der Waals surface area contributed by atoms with Crippen LogP contribution < -0.4 is 0 Å². The van der Waals surface area contributed by atoms with Gasteiger partial charge in [-0.25, -0.2) is 0 Å². The Hall–Kier alpha value is -1.26. The summed E-state index contributed by atoms with van der Waals surface area (Å²) < 4.78 is 0. The highest BCUT2D eigenvalue weighted by molar-refractivity contribution is 6.01. The molecule has 25 heavy (non-hydrogen) atoms. The maximum atomic E-state index is 12.3. The van der Waals surface area contributed by atoms with E-state index < -0.39 is 12.7 Å². The van der Waals surface area contributed by atoms with Gasteiger partial charge < -0.3 is 10.2 Å². The minimum Gasteiger partial charge on any atom is -0.393 e. The first-order valence-corrected chi connectivity index (χ1v) is 9.57. The van der Waals surface area contributed by atoms with Crippen molar-refractivity contribution in [3.05, 3.63) is 23.8 Å². The molecule has 0 bridgehead atoms. The van der Waals surface area contributed by atoms with Crippen LogP contribution in [0, 0.1) is 34.5 Å². The number of rotatable bonds is 2. The number of Topliss-reactive ketones (excluding diaryl/α,β-unsaturated/α-hetero) is 1. The molecule has 0 aromatic rings. The average molecular weight is 344 g/mol. The zero-order chi connectivity index (χ0) is 18.0. The summed E-state index contributed by atoms with van der Waals surface area (Å²) in [5, 5.41) is 20.5. The molecule has 4 heteroatoms. The number of aliphatic hydroxyl groups is 2. The van der Waals surface area contributed by atoms with E-state index in [1.165, 1.54) is 0 Å². The van der Waals surface area contributed by atoms with Gasteiger partial charge in [-0.3, -0.25) is 9.59 Å². The summed E-state index contributed by atoms with van der Waals surface area (Å²) in [4.78, 5) is 24.1. The maximum Gasteiger partial charge on any atom is 0.178 e. The lowest BCUT2D eigenvalue weighted by molar-refractivity contribution is -0.141. The molecule has 3 fully saturated rings. The Kier molecular flexibility index (Phi) is 3.86. The second kappa shape index (κ2) is 5.62. The van der Waals surface area contributed by atoms with E-state index in [0.29, 0.717) is 18.3 Å². The highest BCUT2D eigenvalue weighted by Gasteiger charge is 2.62. The van der Waals surface area contributed by atoms with E-state index in [2.05, 4.69) is 13.8 Å². The molecule has 4 rings (SSSR count). The van der Waals surface area contributed by atoms with Crippen LogP contribution in [0.4, 0.5) is 0 Å². The number of fused-ring (bicyclic) bond motifs is 5. The average Bonchev–Trinajstić information content (AvgIpc) is 2.91. The predicted molar refractivity (Wildman–Crippen MR) is 93.6 cm³/mol. The van der Waals surface area contributed by atoms with E-state index in [-0.39, 0.29) is 34.2 Å². The fourth-order valence-electron chi connectivity index (χ4n) is 6.96. The van der Waals surface area contributed by atoms with Crippen molar-refractivity contribution in [2.24, 2.45) is 34.5 Å². The standard InChI is InChI=1S/C21H28O4/c1-20-8-7-13(23)9-12(20)3-4-14-15-5-6-16(18(25)11-22)21(15,2)10-17(24)19(14)20/h7-9,14-17,19,22,24H,3-6,10-11H2,1-2H3/t14?,15-,16?,17?,19+,20?,21?/m0/s1. The Morgan fingerprint density at radius 1 is 1.28 bits per heavy atom. The van der Waals surface area contributed by atoms with Gasteiger partial charge in [-0.05, 0) is 61.5 Å². The Bertz CT molecular complexity index is 677. The summed E-state index contributed by atoms with van der Waals surface area (Å²) in [7, 11) is 0. The van der Waals surface area contributed by atoms with Gasteiger partial charge in [0.25, 0.3) is 0 Å². The molecule has 0 amide bonds. The van der Waals surface area contributed by atoms with Crippen LogP contribution in [-0.2, 0) is 9.59 Å².